The van der Waals surface area contributed by atoms with Crippen molar-refractivity contribution in [2.75, 3.05) is 26.3 Å². The van der Waals surface area contributed by atoms with Gasteiger partial charge in [0.05, 0.1) is 18.5 Å². The van der Waals surface area contributed by atoms with Crippen LogP contribution >= 0.6 is 0 Å². The Labute approximate surface area is 121 Å². The average molecular weight is 300 g/mol. The number of morpholine rings is 1. The Bertz CT molecular complexity index is 483. The van der Waals surface area contributed by atoms with Crippen molar-refractivity contribution in [1.29, 1.82) is 0 Å². The van der Waals surface area contributed by atoms with Crippen LogP contribution in [-0.2, 0) is 14.8 Å². The number of rotatable bonds is 4. The molecule has 3 unspecified atom stereocenters. The van der Waals surface area contributed by atoms with E-state index in [2.05, 4.69) is 9.62 Å². The maximum atomic E-state index is 12.5. The van der Waals surface area contributed by atoms with E-state index in [4.69, 9.17) is 4.74 Å². The monoisotopic (exact) mass is 300 g/mol. The zero-order valence-electron chi connectivity index (χ0n) is 11.9. The number of hydrogen-bond acceptors (Lipinski definition) is 4. The fourth-order valence-electron chi connectivity index (χ4n) is 4.17. The molecule has 5 nitrogen and oxygen atoms in total. The summed E-state index contributed by atoms with van der Waals surface area (Å²) in [6.45, 7) is 3.44. The van der Waals surface area contributed by atoms with Crippen LogP contribution in [0.1, 0.15) is 38.5 Å². The van der Waals surface area contributed by atoms with E-state index in [-0.39, 0.29) is 16.7 Å². The van der Waals surface area contributed by atoms with Crippen molar-refractivity contribution >= 4 is 10.0 Å². The topological polar surface area (TPSA) is 58.6 Å². The molecule has 0 radical (unpaired) electrons. The van der Waals surface area contributed by atoms with E-state index < -0.39 is 10.0 Å². The first-order valence-electron chi connectivity index (χ1n) is 7.94. The van der Waals surface area contributed by atoms with Crippen molar-refractivity contribution in [2.24, 2.45) is 5.41 Å². The molecule has 20 heavy (non-hydrogen) atoms. The Kier molecular flexibility index (Phi) is 3.15. The summed E-state index contributed by atoms with van der Waals surface area (Å²) in [5.41, 5.74) is 0.185. The Morgan fingerprint density at radius 1 is 1.15 bits per heavy atom. The molecule has 114 valence electrons. The predicted octanol–water partition coefficient (Wildman–Crippen LogP) is 0.712. The fraction of sp³-hybridized carbons (Fsp3) is 1.00. The average Bonchev–Trinajstić information content (AvgIpc) is 3.13. The van der Waals surface area contributed by atoms with Crippen molar-refractivity contribution in [2.45, 2.75) is 55.9 Å². The third-order valence-electron chi connectivity index (χ3n) is 5.91. The van der Waals surface area contributed by atoms with Crippen LogP contribution in [0.5, 0.6) is 0 Å². The van der Waals surface area contributed by atoms with Crippen LogP contribution in [0.2, 0.25) is 0 Å². The Morgan fingerprint density at radius 3 is 2.40 bits per heavy atom. The summed E-state index contributed by atoms with van der Waals surface area (Å²) < 4.78 is 33.3. The van der Waals surface area contributed by atoms with E-state index in [1.54, 1.807) is 0 Å². The van der Waals surface area contributed by atoms with Crippen molar-refractivity contribution in [3.63, 3.8) is 0 Å². The first kappa shape index (κ1) is 13.5. The van der Waals surface area contributed by atoms with E-state index in [9.17, 15) is 8.42 Å². The second-order valence-electron chi connectivity index (χ2n) is 6.97. The zero-order valence-corrected chi connectivity index (χ0v) is 12.7. The summed E-state index contributed by atoms with van der Waals surface area (Å²) in [6, 6.07) is 0.528. The lowest BCUT2D eigenvalue weighted by Crippen LogP contribution is -2.60. The molecule has 4 rings (SSSR count). The highest BCUT2D eigenvalue weighted by Gasteiger charge is 2.64. The largest absolute Gasteiger partial charge is 0.379 e. The molecule has 4 aliphatic rings. The van der Waals surface area contributed by atoms with Gasteiger partial charge in [-0.3, -0.25) is 4.90 Å². The van der Waals surface area contributed by atoms with Crippen LogP contribution in [0.3, 0.4) is 0 Å². The maximum Gasteiger partial charge on any atom is 0.215 e. The van der Waals surface area contributed by atoms with Gasteiger partial charge in [0, 0.05) is 25.2 Å². The van der Waals surface area contributed by atoms with Crippen LogP contribution in [0.15, 0.2) is 0 Å². The third-order valence-corrected chi connectivity index (χ3v) is 7.95. The summed E-state index contributed by atoms with van der Waals surface area (Å²) in [7, 11) is -3.10. The number of nitrogens with zero attached hydrogens (tertiary/aromatic N) is 1. The number of hydrogen-bond donors (Lipinski definition) is 1. The molecule has 6 heteroatoms. The van der Waals surface area contributed by atoms with Gasteiger partial charge in [0.15, 0.2) is 0 Å². The normalized spacial score (nSPS) is 40.1. The van der Waals surface area contributed by atoms with Gasteiger partial charge in [-0.25, -0.2) is 13.1 Å². The molecule has 3 saturated carbocycles. The molecule has 3 aliphatic carbocycles. The van der Waals surface area contributed by atoms with Crippen molar-refractivity contribution in [3.8, 4) is 0 Å². The molecule has 0 bridgehead atoms. The maximum absolute atomic E-state index is 12.5. The summed E-state index contributed by atoms with van der Waals surface area (Å²) >= 11 is 0. The Morgan fingerprint density at radius 2 is 1.90 bits per heavy atom. The molecule has 1 aliphatic heterocycles. The summed E-state index contributed by atoms with van der Waals surface area (Å²) in [4.78, 5) is 2.40. The first-order valence-corrected chi connectivity index (χ1v) is 9.48. The van der Waals surface area contributed by atoms with E-state index in [1.165, 1.54) is 6.42 Å². The van der Waals surface area contributed by atoms with Crippen LogP contribution in [0, 0.1) is 5.41 Å². The zero-order chi connectivity index (χ0) is 13.8. The molecule has 0 aromatic heterocycles. The van der Waals surface area contributed by atoms with Crippen LogP contribution < -0.4 is 4.72 Å². The molecule has 0 aromatic rings. The number of sulfonamides is 1. The predicted molar refractivity (Wildman–Crippen MR) is 75.9 cm³/mol. The van der Waals surface area contributed by atoms with Gasteiger partial charge in [-0.2, -0.15) is 0 Å². The minimum atomic E-state index is -3.10. The lowest BCUT2D eigenvalue weighted by molar-refractivity contribution is -0.0111. The van der Waals surface area contributed by atoms with Gasteiger partial charge in [-0.15, -0.1) is 0 Å². The first-order chi connectivity index (χ1) is 9.61. The summed E-state index contributed by atoms with van der Waals surface area (Å²) in [5.74, 6) is 0. The standard InChI is InChI=1S/C14H24N2O3S/c17-20(18,13-10-14(13)4-1-5-14)15-11-2-3-12(11)16-6-8-19-9-7-16/h11-13,15H,1-10H2. The number of ether oxygens (including phenoxy) is 1. The molecule has 0 amide bonds. The van der Waals surface area contributed by atoms with Crippen molar-refractivity contribution in [1.82, 2.24) is 9.62 Å². The minimum Gasteiger partial charge on any atom is -0.379 e. The molecule has 0 aromatic carbocycles. The SMILES string of the molecule is O=S(=O)(NC1CCC1N1CCOCC1)C1CC12CCC2. The van der Waals surface area contributed by atoms with Crippen LogP contribution in [0.25, 0.3) is 0 Å². The molecule has 3 atom stereocenters. The lowest BCUT2D eigenvalue weighted by atomic mass is 9.82. The number of nitrogens with one attached hydrogen (secondary N) is 1. The summed E-state index contributed by atoms with van der Waals surface area (Å²) in [6.07, 6.45) is 6.46. The van der Waals surface area contributed by atoms with E-state index >= 15 is 0 Å². The van der Waals surface area contributed by atoms with Gasteiger partial charge < -0.3 is 4.74 Å². The van der Waals surface area contributed by atoms with Crippen LogP contribution in [0.4, 0.5) is 0 Å². The van der Waals surface area contributed by atoms with Crippen LogP contribution in [-0.4, -0.2) is 57.0 Å². The van der Waals surface area contributed by atoms with Crippen molar-refractivity contribution in [3.05, 3.63) is 0 Å². The van der Waals surface area contributed by atoms with Gasteiger partial charge in [0.1, 0.15) is 0 Å². The Balaban J connectivity index is 1.36. The van der Waals surface area contributed by atoms with Gasteiger partial charge in [0.2, 0.25) is 10.0 Å². The quantitative estimate of drug-likeness (QED) is 0.831. The highest BCUT2D eigenvalue weighted by Crippen LogP contribution is 2.63. The molecular weight excluding hydrogens is 276 g/mol. The highest BCUT2D eigenvalue weighted by molar-refractivity contribution is 7.90. The fourth-order valence-corrected chi connectivity index (χ4v) is 6.47. The van der Waals surface area contributed by atoms with Gasteiger partial charge in [-0.1, -0.05) is 6.42 Å². The highest BCUT2D eigenvalue weighted by atomic mass is 32.2. The molecule has 1 N–H and O–H groups in total. The molecule has 1 saturated heterocycles. The second-order valence-corrected chi connectivity index (χ2v) is 8.87. The minimum absolute atomic E-state index is 0.0883. The smallest absolute Gasteiger partial charge is 0.215 e. The van der Waals surface area contributed by atoms with Gasteiger partial charge in [0.25, 0.3) is 0 Å². The lowest BCUT2D eigenvalue weighted by Gasteiger charge is -2.45. The Hall–Kier alpha value is -0.170. The van der Waals surface area contributed by atoms with E-state index in [0.29, 0.717) is 6.04 Å². The summed E-state index contributed by atoms with van der Waals surface area (Å²) in [5, 5.41) is -0.0883. The third kappa shape index (κ3) is 2.12. The molecule has 4 fully saturated rings. The van der Waals surface area contributed by atoms with E-state index in [0.717, 1.165) is 58.4 Å². The second kappa shape index (κ2) is 4.66. The molecule has 1 spiro atoms. The molecule has 1 heterocycles. The van der Waals surface area contributed by atoms with Crippen molar-refractivity contribution < 1.29 is 13.2 Å². The van der Waals surface area contributed by atoms with Gasteiger partial charge in [-0.05, 0) is 37.5 Å². The van der Waals surface area contributed by atoms with Gasteiger partial charge >= 0.3 is 0 Å². The van der Waals surface area contributed by atoms with E-state index in [1.807, 2.05) is 0 Å². The molecular formula is C14H24N2O3S.